The number of tetrazole rings is 1. The number of ether oxygens (including phenoxy) is 1. The highest BCUT2D eigenvalue weighted by Crippen LogP contribution is 2.19. The zero-order valence-corrected chi connectivity index (χ0v) is 10.9. The second-order valence-corrected chi connectivity index (χ2v) is 4.11. The summed E-state index contributed by atoms with van der Waals surface area (Å²) in [6, 6.07) is 6.72. The fourth-order valence-corrected chi connectivity index (χ4v) is 1.72. The zero-order chi connectivity index (χ0) is 14.8. The lowest BCUT2D eigenvalue weighted by molar-refractivity contribution is 0.410. The zero-order valence-electron chi connectivity index (χ0n) is 10.9. The third-order valence-corrected chi connectivity index (χ3v) is 2.69. The van der Waals surface area contributed by atoms with Crippen molar-refractivity contribution in [2.75, 3.05) is 7.11 Å². The van der Waals surface area contributed by atoms with Gasteiger partial charge < -0.3 is 4.74 Å². The first-order valence-electron chi connectivity index (χ1n) is 5.92. The largest absolute Gasteiger partial charge is 0.497 e. The number of halogens is 2. The van der Waals surface area contributed by atoms with Crippen LogP contribution in [0.15, 0.2) is 36.5 Å². The van der Waals surface area contributed by atoms with Gasteiger partial charge in [-0.2, -0.15) is 0 Å². The molecule has 2 heterocycles. The van der Waals surface area contributed by atoms with Crippen LogP contribution in [0.25, 0.3) is 17.2 Å². The Hall–Kier alpha value is -2.90. The van der Waals surface area contributed by atoms with Crippen LogP contribution in [0.3, 0.4) is 0 Å². The molecule has 21 heavy (non-hydrogen) atoms. The van der Waals surface area contributed by atoms with Crippen LogP contribution in [0.2, 0.25) is 0 Å². The van der Waals surface area contributed by atoms with Crippen molar-refractivity contribution in [2.45, 2.75) is 0 Å². The minimum atomic E-state index is -0.483. The summed E-state index contributed by atoms with van der Waals surface area (Å²) in [4.78, 5) is 5.00. The summed E-state index contributed by atoms with van der Waals surface area (Å²) in [5, 5.41) is 11.7. The summed E-state index contributed by atoms with van der Waals surface area (Å²) < 4.78 is 31.3. The number of hydrogen-bond donors (Lipinski definition) is 0. The van der Waals surface area contributed by atoms with Crippen LogP contribution >= 0.6 is 0 Å². The minimum absolute atomic E-state index is 0.207. The molecule has 0 saturated carbocycles. The summed E-state index contributed by atoms with van der Waals surface area (Å²) in [6.45, 7) is 0. The SMILES string of the molecule is COc1cc(F)cc(-n2nnc(-c3ccc(F)cn3)n2)c1. The van der Waals surface area contributed by atoms with Crippen LogP contribution in [0.4, 0.5) is 8.78 Å². The molecule has 1 aromatic carbocycles. The van der Waals surface area contributed by atoms with E-state index in [1.54, 1.807) is 6.07 Å². The van der Waals surface area contributed by atoms with E-state index in [9.17, 15) is 8.78 Å². The molecule has 0 unspecified atom stereocenters. The molecule has 0 atom stereocenters. The van der Waals surface area contributed by atoms with Crippen LogP contribution < -0.4 is 4.74 Å². The van der Waals surface area contributed by atoms with Gasteiger partial charge in [0.05, 0.1) is 19.0 Å². The predicted octanol–water partition coefficient (Wildman–Crippen LogP) is 2.01. The lowest BCUT2D eigenvalue weighted by Gasteiger charge is -2.03. The van der Waals surface area contributed by atoms with Crippen LogP contribution in [-0.2, 0) is 0 Å². The Morgan fingerprint density at radius 2 is 1.95 bits per heavy atom. The van der Waals surface area contributed by atoms with Gasteiger partial charge in [-0.15, -0.1) is 15.0 Å². The first kappa shape index (κ1) is 13.1. The van der Waals surface area contributed by atoms with Gasteiger partial charge in [-0.3, -0.25) is 0 Å². The predicted molar refractivity (Wildman–Crippen MR) is 68.9 cm³/mol. The molecule has 0 aliphatic heterocycles. The first-order valence-corrected chi connectivity index (χ1v) is 5.92. The van der Waals surface area contributed by atoms with Gasteiger partial charge in [0.15, 0.2) is 0 Å². The summed E-state index contributed by atoms with van der Waals surface area (Å²) in [7, 11) is 1.43. The quantitative estimate of drug-likeness (QED) is 0.738. The monoisotopic (exact) mass is 289 g/mol. The van der Waals surface area contributed by atoms with Crippen molar-refractivity contribution in [3.63, 3.8) is 0 Å². The average molecular weight is 289 g/mol. The molecule has 6 nitrogen and oxygen atoms in total. The van der Waals surface area contributed by atoms with Crippen molar-refractivity contribution in [3.05, 3.63) is 48.2 Å². The molecule has 0 fully saturated rings. The van der Waals surface area contributed by atoms with Gasteiger partial charge in [0.25, 0.3) is 0 Å². The molecule has 0 radical (unpaired) electrons. The number of methoxy groups -OCH3 is 1. The highest BCUT2D eigenvalue weighted by molar-refractivity contribution is 5.47. The molecule has 0 amide bonds. The molecule has 3 aromatic rings. The molecule has 106 valence electrons. The second kappa shape index (κ2) is 5.23. The summed E-state index contributed by atoms with van der Waals surface area (Å²) >= 11 is 0. The third-order valence-electron chi connectivity index (χ3n) is 2.69. The van der Waals surface area contributed by atoms with Crippen LogP contribution in [0, 0.1) is 11.6 Å². The fourth-order valence-electron chi connectivity index (χ4n) is 1.72. The van der Waals surface area contributed by atoms with Gasteiger partial charge in [0, 0.05) is 18.2 Å². The van der Waals surface area contributed by atoms with E-state index in [0.717, 1.165) is 11.0 Å². The van der Waals surface area contributed by atoms with E-state index < -0.39 is 11.6 Å². The van der Waals surface area contributed by atoms with Crippen molar-refractivity contribution in [1.82, 2.24) is 25.2 Å². The number of aromatic nitrogens is 5. The topological polar surface area (TPSA) is 65.7 Å². The fraction of sp³-hybridized carbons (Fsp3) is 0.0769. The summed E-state index contributed by atoms with van der Waals surface area (Å²) in [5.41, 5.74) is 0.721. The van der Waals surface area contributed by atoms with Crippen molar-refractivity contribution in [1.29, 1.82) is 0 Å². The molecule has 3 rings (SSSR count). The van der Waals surface area contributed by atoms with E-state index in [2.05, 4.69) is 20.4 Å². The molecule has 0 aliphatic rings. The van der Waals surface area contributed by atoms with E-state index >= 15 is 0 Å². The van der Waals surface area contributed by atoms with Crippen molar-refractivity contribution in [3.8, 4) is 23.0 Å². The summed E-state index contributed by atoms with van der Waals surface area (Å²) in [6.07, 6.45) is 1.06. The molecule has 0 bridgehead atoms. The van der Waals surface area contributed by atoms with E-state index in [1.165, 1.54) is 31.4 Å². The van der Waals surface area contributed by atoms with Gasteiger partial charge in [0.2, 0.25) is 5.82 Å². The Balaban J connectivity index is 1.98. The van der Waals surface area contributed by atoms with Gasteiger partial charge in [-0.05, 0) is 17.3 Å². The maximum Gasteiger partial charge on any atom is 0.223 e. The highest BCUT2D eigenvalue weighted by Gasteiger charge is 2.10. The molecular weight excluding hydrogens is 280 g/mol. The van der Waals surface area contributed by atoms with E-state index in [-0.39, 0.29) is 5.82 Å². The van der Waals surface area contributed by atoms with Crippen LogP contribution in [-0.4, -0.2) is 32.3 Å². The van der Waals surface area contributed by atoms with Crippen molar-refractivity contribution >= 4 is 0 Å². The van der Waals surface area contributed by atoms with Gasteiger partial charge in [0.1, 0.15) is 23.1 Å². The molecular formula is C13H9F2N5O. The standard InChI is InChI=1S/C13H9F2N5O/c1-21-11-5-9(15)4-10(6-11)20-18-13(17-19-20)12-3-2-8(14)7-16-12/h2-7H,1H3. The number of hydrogen-bond acceptors (Lipinski definition) is 5. The second-order valence-electron chi connectivity index (χ2n) is 4.11. The van der Waals surface area contributed by atoms with Crippen molar-refractivity contribution in [2.24, 2.45) is 0 Å². The normalized spacial score (nSPS) is 10.6. The Morgan fingerprint density at radius 1 is 1.10 bits per heavy atom. The van der Waals surface area contributed by atoms with E-state index in [0.29, 0.717) is 17.1 Å². The third kappa shape index (κ3) is 2.69. The molecule has 0 saturated heterocycles. The molecule has 8 heteroatoms. The lowest BCUT2D eigenvalue weighted by Crippen LogP contribution is -2.00. The highest BCUT2D eigenvalue weighted by atomic mass is 19.1. The Morgan fingerprint density at radius 3 is 2.67 bits per heavy atom. The number of nitrogens with zero attached hydrogens (tertiary/aromatic N) is 5. The first-order chi connectivity index (χ1) is 10.2. The van der Waals surface area contributed by atoms with Gasteiger partial charge >= 0.3 is 0 Å². The van der Waals surface area contributed by atoms with E-state index in [1.807, 2.05) is 0 Å². The van der Waals surface area contributed by atoms with Crippen LogP contribution in [0.1, 0.15) is 0 Å². The molecule has 0 N–H and O–H groups in total. The minimum Gasteiger partial charge on any atom is -0.497 e. The number of pyridine rings is 1. The van der Waals surface area contributed by atoms with Crippen LogP contribution in [0.5, 0.6) is 5.75 Å². The Kier molecular flexibility index (Phi) is 3.27. The average Bonchev–Trinajstić information content (AvgIpc) is 2.97. The molecule has 0 aliphatic carbocycles. The smallest absolute Gasteiger partial charge is 0.223 e. The number of rotatable bonds is 3. The lowest BCUT2D eigenvalue weighted by atomic mass is 10.3. The van der Waals surface area contributed by atoms with E-state index in [4.69, 9.17) is 4.74 Å². The summed E-state index contributed by atoms with van der Waals surface area (Å²) in [5.74, 6) is -0.397. The molecule has 2 aromatic heterocycles. The van der Waals surface area contributed by atoms with Crippen molar-refractivity contribution < 1.29 is 13.5 Å². The Labute approximate surface area is 118 Å². The molecule has 0 spiro atoms. The van der Waals surface area contributed by atoms with Gasteiger partial charge in [-0.25, -0.2) is 13.8 Å². The number of benzene rings is 1. The Bertz CT molecular complexity index is 772. The maximum absolute atomic E-state index is 13.5. The van der Waals surface area contributed by atoms with Gasteiger partial charge in [-0.1, -0.05) is 0 Å². The maximum atomic E-state index is 13.5.